The zero-order valence-electron chi connectivity index (χ0n) is 11.5. The summed E-state index contributed by atoms with van der Waals surface area (Å²) in [5, 5.41) is 13.3. The minimum absolute atomic E-state index is 0.562. The van der Waals surface area contributed by atoms with E-state index in [2.05, 4.69) is 10.2 Å². The van der Waals surface area contributed by atoms with Gasteiger partial charge in [0.1, 0.15) is 0 Å². The fourth-order valence-corrected chi connectivity index (χ4v) is 2.44. The van der Waals surface area contributed by atoms with Crippen LogP contribution in [0.15, 0.2) is 0 Å². The Labute approximate surface area is 105 Å². The van der Waals surface area contributed by atoms with E-state index in [0.717, 1.165) is 32.8 Å². The molecule has 0 aromatic rings. The smallest absolute Gasteiger partial charge is 0.0718 e. The molecule has 0 aromatic carbocycles. The molecule has 0 radical (unpaired) electrons. The molecule has 17 heavy (non-hydrogen) atoms. The fourth-order valence-electron chi connectivity index (χ4n) is 2.44. The second-order valence-corrected chi connectivity index (χ2v) is 5.63. The summed E-state index contributed by atoms with van der Waals surface area (Å²) in [5.74, 6) is 0. The van der Waals surface area contributed by atoms with Gasteiger partial charge in [-0.25, -0.2) is 0 Å². The van der Waals surface area contributed by atoms with Crippen LogP contribution < -0.4 is 5.32 Å². The van der Waals surface area contributed by atoms with Gasteiger partial charge in [0, 0.05) is 32.8 Å². The number of nitrogens with zero attached hydrogens (tertiary/aromatic N) is 1. The highest BCUT2D eigenvalue weighted by Gasteiger charge is 2.26. The highest BCUT2D eigenvalue weighted by atomic mass is 16.5. The Morgan fingerprint density at radius 2 is 2.18 bits per heavy atom. The molecule has 0 amide bonds. The van der Waals surface area contributed by atoms with Gasteiger partial charge in [-0.2, -0.15) is 0 Å². The molecule has 0 spiro atoms. The Balaban J connectivity index is 2.32. The van der Waals surface area contributed by atoms with E-state index in [4.69, 9.17) is 4.74 Å². The standard InChI is InChI=1S/C13H28N2O2/c1-13(2,16)11-15-8-5-4-6-12(15)10-14-7-9-17-3/h12,14,16H,4-11H2,1-3H3. The third-order valence-corrected chi connectivity index (χ3v) is 3.20. The molecule has 1 aliphatic heterocycles. The molecule has 0 bridgehead atoms. The maximum atomic E-state index is 9.92. The van der Waals surface area contributed by atoms with Crippen LogP contribution in [0.25, 0.3) is 0 Å². The van der Waals surface area contributed by atoms with E-state index >= 15 is 0 Å². The second kappa shape index (κ2) is 7.31. The summed E-state index contributed by atoms with van der Waals surface area (Å²) in [6.45, 7) is 8.32. The normalized spacial score (nSPS) is 22.9. The average Bonchev–Trinajstić information content (AvgIpc) is 2.24. The van der Waals surface area contributed by atoms with Crippen LogP contribution in [0.4, 0.5) is 0 Å². The first-order valence-electron chi connectivity index (χ1n) is 6.69. The van der Waals surface area contributed by atoms with Crippen molar-refractivity contribution in [2.24, 2.45) is 0 Å². The molecular formula is C13H28N2O2. The predicted octanol–water partition coefficient (Wildman–Crippen LogP) is 0.848. The van der Waals surface area contributed by atoms with Crippen LogP contribution in [0, 0.1) is 0 Å². The number of likely N-dealkylation sites (tertiary alicyclic amines) is 1. The van der Waals surface area contributed by atoms with Crippen LogP contribution in [-0.4, -0.2) is 61.5 Å². The summed E-state index contributed by atoms with van der Waals surface area (Å²) in [6.07, 6.45) is 3.79. The number of piperidine rings is 1. The average molecular weight is 244 g/mol. The molecule has 102 valence electrons. The lowest BCUT2D eigenvalue weighted by molar-refractivity contribution is 0.00986. The van der Waals surface area contributed by atoms with Crippen LogP contribution >= 0.6 is 0 Å². The summed E-state index contributed by atoms with van der Waals surface area (Å²) >= 11 is 0. The molecule has 1 rings (SSSR count). The van der Waals surface area contributed by atoms with E-state index < -0.39 is 5.60 Å². The molecule has 1 atom stereocenters. The lowest BCUT2D eigenvalue weighted by atomic mass is 9.99. The van der Waals surface area contributed by atoms with E-state index in [1.807, 2.05) is 13.8 Å². The molecule has 4 heteroatoms. The van der Waals surface area contributed by atoms with Crippen molar-refractivity contribution in [1.82, 2.24) is 10.2 Å². The summed E-state index contributed by atoms with van der Waals surface area (Å²) in [5.41, 5.74) is -0.595. The van der Waals surface area contributed by atoms with Crippen LogP contribution in [0.1, 0.15) is 33.1 Å². The lowest BCUT2D eigenvalue weighted by Crippen LogP contribution is -2.50. The third-order valence-electron chi connectivity index (χ3n) is 3.20. The van der Waals surface area contributed by atoms with Crippen molar-refractivity contribution < 1.29 is 9.84 Å². The maximum absolute atomic E-state index is 9.92. The third kappa shape index (κ3) is 6.36. The van der Waals surface area contributed by atoms with Gasteiger partial charge in [0.15, 0.2) is 0 Å². The molecular weight excluding hydrogens is 216 g/mol. The van der Waals surface area contributed by atoms with Gasteiger partial charge < -0.3 is 15.2 Å². The summed E-state index contributed by atoms with van der Waals surface area (Å²) in [4.78, 5) is 2.42. The summed E-state index contributed by atoms with van der Waals surface area (Å²) in [7, 11) is 1.73. The quantitative estimate of drug-likeness (QED) is 0.652. The number of aliphatic hydroxyl groups is 1. The first kappa shape index (κ1) is 14.9. The van der Waals surface area contributed by atoms with Gasteiger partial charge in [0.2, 0.25) is 0 Å². The molecule has 1 aliphatic rings. The molecule has 1 fully saturated rings. The van der Waals surface area contributed by atoms with Gasteiger partial charge in [-0.1, -0.05) is 6.42 Å². The van der Waals surface area contributed by atoms with Gasteiger partial charge in [-0.15, -0.1) is 0 Å². The zero-order valence-corrected chi connectivity index (χ0v) is 11.5. The van der Waals surface area contributed by atoms with E-state index in [9.17, 15) is 5.11 Å². The topological polar surface area (TPSA) is 44.7 Å². The van der Waals surface area contributed by atoms with Crippen molar-refractivity contribution in [2.45, 2.75) is 44.8 Å². The Bertz CT molecular complexity index is 204. The molecule has 1 unspecified atom stereocenters. The number of hydrogen-bond acceptors (Lipinski definition) is 4. The van der Waals surface area contributed by atoms with Crippen molar-refractivity contribution in [3.05, 3.63) is 0 Å². The van der Waals surface area contributed by atoms with Crippen molar-refractivity contribution >= 4 is 0 Å². The van der Waals surface area contributed by atoms with Crippen molar-refractivity contribution in [1.29, 1.82) is 0 Å². The molecule has 1 heterocycles. The van der Waals surface area contributed by atoms with Crippen LogP contribution in [0.5, 0.6) is 0 Å². The number of ether oxygens (including phenoxy) is 1. The van der Waals surface area contributed by atoms with E-state index in [1.54, 1.807) is 7.11 Å². The number of rotatable bonds is 7. The van der Waals surface area contributed by atoms with E-state index in [1.165, 1.54) is 19.3 Å². The lowest BCUT2D eigenvalue weighted by Gasteiger charge is -2.39. The van der Waals surface area contributed by atoms with Gasteiger partial charge in [0.05, 0.1) is 12.2 Å². The fraction of sp³-hybridized carbons (Fsp3) is 1.00. The van der Waals surface area contributed by atoms with Gasteiger partial charge in [-0.05, 0) is 33.2 Å². The first-order valence-corrected chi connectivity index (χ1v) is 6.69. The first-order chi connectivity index (χ1) is 8.03. The Morgan fingerprint density at radius 3 is 2.82 bits per heavy atom. The number of hydrogen-bond donors (Lipinski definition) is 2. The molecule has 4 nitrogen and oxygen atoms in total. The van der Waals surface area contributed by atoms with Crippen molar-refractivity contribution in [3.8, 4) is 0 Å². The predicted molar refractivity (Wildman–Crippen MR) is 70.3 cm³/mol. The number of methoxy groups -OCH3 is 1. The molecule has 0 aliphatic carbocycles. The monoisotopic (exact) mass is 244 g/mol. The maximum Gasteiger partial charge on any atom is 0.0718 e. The largest absolute Gasteiger partial charge is 0.389 e. The molecule has 0 aromatic heterocycles. The van der Waals surface area contributed by atoms with Crippen LogP contribution in [0.3, 0.4) is 0 Å². The minimum atomic E-state index is -0.595. The molecule has 1 saturated heterocycles. The van der Waals surface area contributed by atoms with Crippen molar-refractivity contribution in [3.63, 3.8) is 0 Å². The second-order valence-electron chi connectivity index (χ2n) is 5.63. The summed E-state index contributed by atoms with van der Waals surface area (Å²) < 4.78 is 5.02. The minimum Gasteiger partial charge on any atom is -0.389 e. The zero-order chi connectivity index (χ0) is 12.7. The van der Waals surface area contributed by atoms with Crippen molar-refractivity contribution in [2.75, 3.05) is 39.9 Å². The van der Waals surface area contributed by atoms with Gasteiger partial charge >= 0.3 is 0 Å². The SMILES string of the molecule is COCCNCC1CCCCN1CC(C)(C)O. The van der Waals surface area contributed by atoms with Crippen LogP contribution in [-0.2, 0) is 4.74 Å². The highest BCUT2D eigenvalue weighted by molar-refractivity contribution is 4.83. The number of β-amino-alcohol motifs (C(OH)–C–C–N with tert-alkyl or cyclic N) is 1. The van der Waals surface area contributed by atoms with Crippen LogP contribution in [0.2, 0.25) is 0 Å². The van der Waals surface area contributed by atoms with E-state index in [0.29, 0.717) is 6.04 Å². The van der Waals surface area contributed by atoms with Gasteiger partial charge in [-0.3, -0.25) is 4.90 Å². The molecule has 0 saturated carbocycles. The molecule has 2 N–H and O–H groups in total. The van der Waals surface area contributed by atoms with E-state index in [-0.39, 0.29) is 0 Å². The summed E-state index contributed by atoms with van der Waals surface area (Å²) in [6, 6.07) is 0.562. The highest BCUT2D eigenvalue weighted by Crippen LogP contribution is 2.19. The number of nitrogens with one attached hydrogen (secondary N) is 1. The Kier molecular flexibility index (Phi) is 6.41. The Morgan fingerprint density at radius 1 is 1.41 bits per heavy atom. The Hall–Kier alpha value is -0.160. The van der Waals surface area contributed by atoms with Gasteiger partial charge in [0.25, 0.3) is 0 Å².